The molecule has 2 heterocycles. The summed E-state index contributed by atoms with van der Waals surface area (Å²) in [7, 11) is 0. The van der Waals surface area contributed by atoms with Crippen LogP contribution in [0.2, 0.25) is 0 Å². The number of nitrogens with zero attached hydrogens (tertiary/aromatic N) is 2. The molecule has 118 valence electrons. The first kappa shape index (κ1) is 19.0. The Labute approximate surface area is 147 Å². The molecule has 3 nitrogen and oxygen atoms in total. The molecule has 0 amide bonds. The van der Waals surface area contributed by atoms with Gasteiger partial charge in [-0.1, -0.05) is 24.3 Å². The topological polar surface area (TPSA) is 39.1 Å². The van der Waals surface area contributed by atoms with Gasteiger partial charge in [-0.15, -0.1) is 36.2 Å². The van der Waals surface area contributed by atoms with E-state index < -0.39 is 0 Å². The first-order valence-corrected chi connectivity index (χ1v) is 7.75. The molecule has 1 aliphatic heterocycles. The van der Waals surface area contributed by atoms with Crippen LogP contribution in [0, 0.1) is 11.3 Å². The standard InChI is InChI=1S/C16H17N3S.2ClH/c17-12-13-4-1-2-5-14(13)16(15-6-3-11-20-15)19-9-7-18-8-10-19;;/h1-6,11,16,18H,7-10H2;2*1H/t16-;;/m1../s1. The summed E-state index contributed by atoms with van der Waals surface area (Å²) >= 11 is 1.77. The average Bonchev–Trinajstić information content (AvgIpc) is 3.03. The largest absolute Gasteiger partial charge is 0.314 e. The van der Waals surface area contributed by atoms with Crippen LogP contribution in [0.25, 0.3) is 0 Å². The molecule has 1 atom stereocenters. The number of nitriles is 1. The van der Waals surface area contributed by atoms with Gasteiger partial charge in [0.15, 0.2) is 0 Å². The Morgan fingerprint density at radius 2 is 1.82 bits per heavy atom. The minimum atomic E-state index is 0. The Hall–Kier alpha value is -1.09. The predicted octanol–water partition coefficient (Wildman–Crippen LogP) is 3.46. The molecule has 3 rings (SSSR count). The van der Waals surface area contributed by atoms with Crippen molar-refractivity contribution in [3.63, 3.8) is 0 Å². The molecule has 0 aliphatic carbocycles. The Kier molecular flexibility index (Phi) is 7.88. The normalized spacial score (nSPS) is 16.0. The van der Waals surface area contributed by atoms with Crippen LogP contribution in [0.1, 0.15) is 22.0 Å². The number of benzene rings is 1. The summed E-state index contributed by atoms with van der Waals surface area (Å²) in [5.41, 5.74) is 1.91. The highest BCUT2D eigenvalue weighted by Crippen LogP contribution is 2.33. The van der Waals surface area contributed by atoms with Gasteiger partial charge in [0.05, 0.1) is 17.7 Å². The molecule has 1 saturated heterocycles. The lowest BCUT2D eigenvalue weighted by molar-refractivity contribution is 0.200. The Balaban J connectivity index is 0.00000121. The molecule has 2 aromatic rings. The molecule has 0 saturated carbocycles. The molecule has 1 fully saturated rings. The second kappa shape index (κ2) is 9.14. The summed E-state index contributed by atoms with van der Waals surface area (Å²) in [5, 5.41) is 14.9. The van der Waals surface area contributed by atoms with Crippen molar-refractivity contribution in [1.29, 1.82) is 5.26 Å². The van der Waals surface area contributed by atoms with E-state index in [1.807, 2.05) is 18.2 Å². The van der Waals surface area contributed by atoms with Gasteiger partial charge < -0.3 is 5.32 Å². The molecular weight excluding hydrogens is 337 g/mol. The van der Waals surface area contributed by atoms with Gasteiger partial charge in [0.2, 0.25) is 0 Å². The van der Waals surface area contributed by atoms with Crippen molar-refractivity contribution in [3.05, 3.63) is 57.8 Å². The molecule has 22 heavy (non-hydrogen) atoms. The fourth-order valence-electron chi connectivity index (χ4n) is 2.75. The van der Waals surface area contributed by atoms with Crippen LogP contribution in [-0.2, 0) is 0 Å². The van der Waals surface area contributed by atoms with Gasteiger partial charge in [-0.2, -0.15) is 5.26 Å². The molecule has 6 heteroatoms. The fourth-order valence-corrected chi connectivity index (χ4v) is 3.63. The third-order valence-corrected chi connectivity index (χ3v) is 4.63. The maximum absolute atomic E-state index is 9.39. The zero-order valence-electron chi connectivity index (χ0n) is 12.1. The van der Waals surface area contributed by atoms with Gasteiger partial charge in [-0.3, -0.25) is 4.90 Å². The van der Waals surface area contributed by atoms with E-state index in [2.05, 4.69) is 39.9 Å². The molecule has 1 N–H and O–H groups in total. The number of hydrogen-bond donors (Lipinski definition) is 1. The second-order valence-electron chi connectivity index (χ2n) is 4.90. The van der Waals surface area contributed by atoms with Crippen LogP contribution >= 0.6 is 36.2 Å². The third-order valence-electron chi connectivity index (χ3n) is 3.71. The Morgan fingerprint density at radius 1 is 1.09 bits per heavy atom. The predicted molar refractivity (Wildman–Crippen MR) is 96.3 cm³/mol. The minimum absolute atomic E-state index is 0. The number of rotatable bonds is 3. The summed E-state index contributed by atoms with van der Waals surface area (Å²) in [6.07, 6.45) is 0. The second-order valence-corrected chi connectivity index (χ2v) is 5.88. The zero-order chi connectivity index (χ0) is 13.8. The van der Waals surface area contributed by atoms with Crippen molar-refractivity contribution in [3.8, 4) is 6.07 Å². The van der Waals surface area contributed by atoms with Crippen molar-refractivity contribution in [2.75, 3.05) is 26.2 Å². The first-order valence-electron chi connectivity index (χ1n) is 6.87. The van der Waals surface area contributed by atoms with E-state index in [1.54, 1.807) is 11.3 Å². The lowest BCUT2D eigenvalue weighted by Crippen LogP contribution is -2.45. The highest BCUT2D eigenvalue weighted by atomic mass is 35.5. The van der Waals surface area contributed by atoms with E-state index in [0.29, 0.717) is 0 Å². The Bertz CT molecular complexity index is 604. The maximum Gasteiger partial charge on any atom is 0.0995 e. The van der Waals surface area contributed by atoms with Gasteiger partial charge in [0.1, 0.15) is 0 Å². The molecule has 0 spiro atoms. The van der Waals surface area contributed by atoms with Crippen LogP contribution in [0.5, 0.6) is 0 Å². The Morgan fingerprint density at radius 3 is 2.45 bits per heavy atom. The van der Waals surface area contributed by atoms with E-state index in [-0.39, 0.29) is 30.9 Å². The van der Waals surface area contributed by atoms with Crippen LogP contribution in [0.3, 0.4) is 0 Å². The number of nitrogens with one attached hydrogen (secondary N) is 1. The van der Waals surface area contributed by atoms with E-state index >= 15 is 0 Å². The van der Waals surface area contributed by atoms with Crippen LogP contribution in [0.15, 0.2) is 41.8 Å². The lowest BCUT2D eigenvalue weighted by atomic mass is 9.98. The van der Waals surface area contributed by atoms with E-state index in [1.165, 1.54) is 4.88 Å². The van der Waals surface area contributed by atoms with Gasteiger partial charge >= 0.3 is 0 Å². The van der Waals surface area contributed by atoms with E-state index in [0.717, 1.165) is 37.3 Å². The molecular formula is C16H19Cl2N3S. The average molecular weight is 356 g/mol. The van der Waals surface area contributed by atoms with Crippen LogP contribution in [0.4, 0.5) is 0 Å². The summed E-state index contributed by atoms with van der Waals surface area (Å²) in [6.45, 7) is 4.05. The summed E-state index contributed by atoms with van der Waals surface area (Å²) in [6, 6.07) is 14.8. The highest BCUT2D eigenvalue weighted by Gasteiger charge is 2.26. The van der Waals surface area contributed by atoms with Crippen molar-refractivity contribution in [2.45, 2.75) is 6.04 Å². The minimum Gasteiger partial charge on any atom is -0.314 e. The van der Waals surface area contributed by atoms with Gasteiger partial charge in [0, 0.05) is 31.1 Å². The van der Waals surface area contributed by atoms with Crippen molar-refractivity contribution >= 4 is 36.2 Å². The van der Waals surface area contributed by atoms with Gasteiger partial charge in [0.25, 0.3) is 0 Å². The number of thiophene rings is 1. The summed E-state index contributed by atoms with van der Waals surface area (Å²) < 4.78 is 0. The molecule has 1 aliphatic rings. The summed E-state index contributed by atoms with van der Waals surface area (Å²) in [5.74, 6) is 0. The monoisotopic (exact) mass is 355 g/mol. The first-order chi connectivity index (χ1) is 9.90. The van der Waals surface area contributed by atoms with Gasteiger partial charge in [-0.25, -0.2) is 0 Å². The van der Waals surface area contributed by atoms with Gasteiger partial charge in [-0.05, 0) is 23.1 Å². The van der Waals surface area contributed by atoms with Crippen molar-refractivity contribution in [1.82, 2.24) is 10.2 Å². The zero-order valence-corrected chi connectivity index (χ0v) is 14.5. The van der Waals surface area contributed by atoms with E-state index in [9.17, 15) is 5.26 Å². The van der Waals surface area contributed by atoms with E-state index in [4.69, 9.17) is 0 Å². The highest BCUT2D eigenvalue weighted by molar-refractivity contribution is 7.10. The molecule has 0 radical (unpaired) electrons. The maximum atomic E-state index is 9.39. The molecule has 0 unspecified atom stereocenters. The number of hydrogen-bond acceptors (Lipinski definition) is 4. The van der Waals surface area contributed by atoms with Crippen molar-refractivity contribution < 1.29 is 0 Å². The van der Waals surface area contributed by atoms with Crippen LogP contribution < -0.4 is 5.32 Å². The summed E-state index contributed by atoms with van der Waals surface area (Å²) in [4.78, 5) is 3.79. The lowest BCUT2D eigenvalue weighted by Gasteiger charge is -2.35. The number of halogens is 2. The molecule has 1 aromatic heterocycles. The van der Waals surface area contributed by atoms with Crippen molar-refractivity contribution in [2.24, 2.45) is 0 Å². The van der Waals surface area contributed by atoms with Crippen LogP contribution in [-0.4, -0.2) is 31.1 Å². The third kappa shape index (κ3) is 4.01. The molecule has 0 bridgehead atoms. The smallest absolute Gasteiger partial charge is 0.0995 e. The number of piperazine rings is 1. The molecule has 1 aromatic carbocycles. The fraction of sp³-hybridized carbons (Fsp3) is 0.312. The SMILES string of the molecule is Cl.Cl.N#Cc1ccccc1[C@H](c1cccs1)N1CCNCC1. The quantitative estimate of drug-likeness (QED) is 0.916.